The van der Waals surface area contributed by atoms with Crippen LogP contribution >= 0.6 is 23.2 Å². The minimum absolute atomic E-state index is 0.0111. The highest BCUT2D eigenvalue weighted by atomic mass is 35.5. The molecule has 1 saturated heterocycles. The number of Topliss-reactive ketones (excluding diaryl/α,β-unsaturated/α-hetero) is 1. The van der Waals surface area contributed by atoms with E-state index in [-0.39, 0.29) is 106 Å². The molecule has 9 rings (SSSR count). The number of aromatic nitrogens is 4. The van der Waals surface area contributed by atoms with E-state index in [1.807, 2.05) is 51.1 Å². The Hall–Kier alpha value is -7.65. The lowest BCUT2D eigenvalue weighted by Gasteiger charge is -2.38. The maximum Gasteiger partial charge on any atom is 0.326 e. The third-order valence-electron chi connectivity index (χ3n) is 14.3. The number of amidine groups is 1. The zero-order chi connectivity index (χ0) is 57.5. The molecule has 19 nitrogen and oxygen atoms in total. The number of nitrogen functional groups attached to an aromatic ring is 1. The van der Waals surface area contributed by atoms with Gasteiger partial charge in [0.25, 0.3) is 11.8 Å². The number of benzene rings is 4. The normalized spacial score (nSPS) is 17.3. The van der Waals surface area contributed by atoms with Crippen molar-refractivity contribution in [3.8, 4) is 28.6 Å². The van der Waals surface area contributed by atoms with Crippen molar-refractivity contribution in [2.24, 2.45) is 4.99 Å². The van der Waals surface area contributed by atoms with Crippen LogP contribution in [-0.4, -0.2) is 142 Å². The minimum Gasteiger partial charge on any atom is -0.497 e. The number of hydrogen-bond donors (Lipinski definition) is 1. The number of nitrogens with two attached hydrogens (primary N) is 1. The van der Waals surface area contributed by atoms with Crippen molar-refractivity contribution in [2.45, 2.75) is 84.3 Å². The number of piperazine rings is 1. The van der Waals surface area contributed by atoms with Crippen LogP contribution < -0.4 is 19.9 Å². The van der Waals surface area contributed by atoms with E-state index in [2.05, 4.69) is 4.98 Å². The van der Waals surface area contributed by atoms with Crippen LogP contribution in [0.15, 0.2) is 96.1 Å². The zero-order valence-electron chi connectivity index (χ0n) is 46.1. The average molecular weight is 1150 g/mol. The molecule has 22 heteroatoms. The largest absolute Gasteiger partial charge is 0.497 e. The SMILES string of the molecule is COc1ccc(C2=N[C@H](c3ccc(Cl)cc3)[C@H](c3ccc(Cl)cc3)N2C(=O)N2CCN(CCOCCOCCC(=O)CCCn3nc(C)c4c3CN(C)C(=O)c3ccc(F)cc3[C@@H](C)Oc3nc-4cnc3N)C(=O)C2)c(OC(C)C)c1. The van der Waals surface area contributed by atoms with Gasteiger partial charge < -0.3 is 44.1 Å². The molecule has 426 valence electrons. The molecule has 3 atom stereocenters. The molecule has 0 spiro atoms. The molecule has 4 amide bonds. The van der Waals surface area contributed by atoms with Crippen molar-refractivity contribution < 1.29 is 47.3 Å². The number of fused-ring (bicyclic) bond motifs is 5. The van der Waals surface area contributed by atoms with Crippen molar-refractivity contribution in [3.05, 3.63) is 146 Å². The van der Waals surface area contributed by atoms with E-state index in [1.165, 1.54) is 29.3 Å². The third kappa shape index (κ3) is 13.4. The quantitative estimate of drug-likeness (QED) is 0.0751. The number of methoxy groups -OCH3 is 1. The number of rotatable bonds is 19. The molecule has 5 heterocycles. The summed E-state index contributed by atoms with van der Waals surface area (Å²) in [5.74, 6) is 0.452. The fourth-order valence-corrected chi connectivity index (χ4v) is 10.5. The van der Waals surface area contributed by atoms with Crippen molar-refractivity contribution in [3.63, 3.8) is 0 Å². The van der Waals surface area contributed by atoms with Crippen molar-refractivity contribution in [1.29, 1.82) is 0 Å². The molecule has 4 aromatic carbocycles. The molecule has 81 heavy (non-hydrogen) atoms. The van der Waals surface area contributed by atoms with E-state index in [4.69, 9.17) is 67.7 Å². The minimum atomic E-state index is -0.771. The summed E-state index contributed by atoms with van der Waals surface area (Å²) in [5.41, 5.74) is 11.4. The Morgan fingerprint density at radius 3 is 2.27 bits per heavy atom. The number of ketones is 1. The molecule has 2 aromatic heterocycles. The highest BCUT2D eigenvalue weighted by molar-refractivity contribution is 6.30. The van der Waals surface area contributed by atoms with Crippen LogP contribution in [0.3, 0.4) is 0 Å². The molecule has 0 saturated carbocycles. The molecule has 0 unspecified atom stereocenters. The first-order chi connectivity index (χ1) is 39.0. The van der Waals surface area contributed by atoms with Gasteiger partial charge in [-0.25, -0.2) is 19.2 Å². The molecular weight excluding hydrogens is 1080 g/mol. The summed E-state index contributed by atoms with van der Waals surface area (Å²) < 4.78 is 45.8. The van der Waals surface area contributed by atoms with Crippen LogP contribution in [0.4, 0.5) is 15.0 Å². The zero-order valence-corrected chi connectivity index (χ0v) is 47.6. The maximum atomic E-state index is 15.1. The first kappa shape index (κ1) is 58.0. The first-order valence-electron chi connectivity index (χ1n) is 26.9. The smallest absolute Gasteiger partial charge is 0.326 e. The summed E-state index contributed by atoms with van der Waals surface area (Å²) in [4.78, 5) is 76.5. The van der Waals surface area contributed by atoms with Crippen molar-refractivity contribution in [1.82, 2.24) is 39.3 Å². The van der Waals surface area contributed by atoms with Gasteiger partial charge in [0, 0.05) is 78.9 Å². The summed E-state index contributed by atoms with van der Waals surface area (Å²) >= 11 is 12.7. The molecule has 0 radical (unpaired) electrons. The lowest BCUT2D eigenvalue weighted by Crippen LogP contribution is -2.56. The number of anilines is 1. The van der Waals surface area contributed by atoms with Crippen LogP contribution in [0.25, 0.3) is 11.3 Å². The van der Waals surface area contributed by atoms with Crippen LogP contribution in [0.5, 0.6) is 17.4 Å². The van der Waals surface area contributed by atoms with Gasteiger partial charge in [-0.1, -0.05) is 47.5 Å². The standard InChI is InChI=1S/C59H65Cl2FN10O9/c1-35(2)80-50-31-44(77-6)18-20-46(50)56-66-53(38-9-13-40(60)14-10-38)54(39-11-15-41(61)16-12-39)72(56)59(76)70-24-23-69(51(74)34-70)25-27-79-29-28-78-26-21-43(73)8-7-22-71-49-33-68(5)58(75)45-19-17-42(62)30-47(45)37(4)81-57-55(63)64-32-48(65-57)52(49)36(3)67-71/h9-20,30-32,35,37,53-54H,7-8,21-29,33-34H2,1-6H3,(H2,63,64)/t37-,53-,54+/m1/s1. The Balaban J connectivity index is 0.761. The number of halogens is 3. The predicted molar refractivity (Wildman–Crippen MR) is 303 cm³/mol. The van der Waals surface area contributed by atoms with Crippen LogP contribution in [0.1, 0.15) is 102 Å². The topological polar surface area (TPSA) is 209 Å². The van der Waals surface area contributed by atoms with Gasteiger partial charge in [-0.2, -0.15) is 5.10 Å². The van der Waals surface area contributed by atoms with E-state index in [0.717, 1.165) is 11.1 Å². The lowest BCUT2D eigenvalue weighted by atomic mass is 9.93. The number of amides is 4. The van der Waals surface area contributed by atoms with Crippen molar-refractivity contribution in [2.75, 3.05) is 72.5 Å². The third-order valence-corrected chi connectivity index (χ3v) is 14.8. The van der Waals surface area contributed by atoms with E-state index in [9.17, 15) is 18.8 Å². The van der Waals surface area contributed by atoms with E-state index in [0.29, 0.717) is 80.7 Å². The number of carbonyl (C=O) groups is 4. The van der Waals surface area contributed by atoms with Gasteiger partial charge in [0.15, 0.2) is 5.82 Å². The van der Waals surface area contributed by atoms with Crippen molar-refractivity contribution >= 4 is 58.5 Å². The average Bonchev–Trinajstić information content (AvgIpc) is 3.92. The molecular formula is C59H65Cl2FN10O9. The number of aryl methyl sites for hydroxylation is 2. The Labute approximate surface area is 479 Å². The first-order valence-corrected chi connectivity index (χ1v) is 27.6. The molecule has 3 aliphatic rings. The molecule has 3 aliphatic heterocycles. The number of nitrogens with zero attached hydrogens (tertiary/aromatic N) is 9. The molecule has 0 aliphatic carbocycles. The second-order valence-corrected chi connectivity index (χ2v) is 21.1. The predicted octanol–water partition coefficient (Wildman–Crippen LogP) is 9.48. The number of urea groups is 1. The number of aliphatic imine (C=N–C) groups is 1. The van der Waals surface area contributed by atoms with Gasteiger partial charge in [0.2, 0.25) is 5.91 Å². The Bertz CT molecular complexity index is 3310. The Morgan fingerprint density at radius 2 is 1.57 bits per heavy atom. The highest BCUT2D eigenvalue weighted by Gasteiger charge is 2.46. The van der Waals surface area contributed by atoms with Gasteiger partial charge >= 0.3 is 6.03 Å². The van der Waals surface area contributed by atoms with Gasteiger partial charge in [-0.15, -0.1) is 0 Å². The molecule has 6 aromatic rings. The second kappa shape index (κ2) is 25.9. The number of hydrogen-bond acceptors (Lipinski definition) is 14. The van der Waals surface area contributed by atoms with Crippen LogP contribution in [0, 0.1) is 12.7 Å². The summed E-state index contributed by atoms with van der Waals surface area (Å²) in [6.45, 7) is 9.52. The second-order valence-electron chi connectivity index (χ2n) is 20.3. The monoisotopic (exact) mass is 1150 g/mol. The summed E-state index contributed by atoms with van der Waals surface area (Å²) in [5, 5.41) is 5.89. The fraction of sp³-hybridized carbons (Fsp3) is 0.390. The Morgan fingerprint density at radius 1 is 0.864 bits per heavy atom. The van der Waals surface area contributed by atoms with E-state index >= 15 is 4.79 Å². The van der Waals surface area contributed by atoms with Gasteiger partial charge in [0.1, 0.15) is 47.6 Å². The van der Waals surface area contributed by atoms with Gasteiger partial charge in [0.05, 0.1) is 81.1 Å². The maximum absolute atomic E-state index is 15.1. The molecule has 2 bridgehead atoms. The number of ether oxygens (including phenoxy) is 5. The van der Waals surface area contributed by atoms with E-state index < -0.39 is 30.0 Å². The summed E-state index contributed by atoms with van der Waals surface area (Å²) in [7, 11) is 3.24. The molecule has 2 N–H and O–H groups in total. The Kier molecular flexibility index (Phi) is 18.5. The van der Waals surface area contributed by atoms with Gasteiger partial charge in [-0.3, -0.25) is 29.0 Å². The highest BCUT2D eigenvalue weighted by Crippen LogP contribution is 2.46. The van der Waals surface area contributed by atoms with Crippen LogP contribution in [-0.2, 0) is 32.2 Å². The van der Waals surface area contributed by atoms with E-state index in [1.54, 1.807) is 76.9 Å². The van der Waals surface area contributed by atoms with Crippen LogP contribution in [0.2, 0.25) is 10.0 Å². The molecule has 1 fully saturated rings. The summed E-state index contributed by atoms with van der Waals surface area (Å²) in [6.07, 6.45) is 1.48. The fourth-order valence-electron chi connectivity index (χ4n) is 10.2. The van der Waals surface area contributed by atoms with Gasteiger partial charge in [-0.05, 0) is 99.8 Å². The lowest BCUT2D eigenvalue weighted by molar-refractivity contribution is -0.135. The number of carbonyl (C=O) groups excluding carboxylic acids is 4. The summed E-state index contributed by atoms with van der Waals surface area (Å²) in [6, 6.07) is 22.5.